The van der Waals surface area contributed by atoms with E-state index in [-0.39, 0.29) is 10.1 Å². The quantitative estimate of drug-likeness (QED) is 0.434. The first-order valence-electron chi connectivity index (χ1n) is 9.18. The fraction of sp³-hybridized carbons (Fsp3) is 0.190. The number of thiophene rings is 1. The minimum absolute atomic E-state index is 0.195. The van der Waals surface area contributed by atoms with Crippen molar-refractivity contribution in [2.45, 2.75) is 21.3 Å². The topological polar surface area (TPSA) is 93.7 Å². The Hall–Kier alpha value is -2.69. The number of hydrogen-bond acceptors (Lipinski definition) is 7. The molecule has 0 aliphatic carbocycles. The highest BCUT2D eigenvalue weighted by Gasteiger charge is 2.18. The van der Waals surface area contributed by atoms with Gasteiger partial charge in [0.2, 0.25) is 5.91 Å². The minimum atomic E-state index is -3.59. The number of thioether (sulfide) groups is 1. The predicted octanol–water partition coefficient (Wildman–Crippen LogP) is 4.69. The molecular weight excluding hydrogens is 456 g/mol. The number of rotatable bonds is 9. The van der Waals surface area contributed by atoms with Gasteiger partial charge >= 0.3 is 0 Å². The van der Waals surface area contributed by atoms with Gasteiger partial charge in [0.25, 0.3) is 10.0 Å². The third-order valence-corrected chi connectivity index (χ3v) is 8.10. The number of ether oxygens (including phenoxy) is 2. The van der Waals surface area contributed by atoms with Crippen LogP contribution in [0.3, 0.4) is 0 Å². The van der Waals surface area contributed by atoms with Crippen molar-refractivity contribution in [3.63, 3.8) is 0 Å². The smallest absolute Gasteiger partial charge is 0.271 e. The third-order valence-electron chi connectivity index (χ3n) is 4.21. The number of anilines is 2. The monoisotopic (exact) mass is 478 g/mol. The average Bonchev–Trinajstić information content (AvgIpc) is 3.31. The Bertz CT molecular complexity index is 1130. The molecule has 2 aromatic carbocycles. The molecule has 0 aliphatic rings. The zero-order valence-electron chi connectivity index (χ0n) is 17.1. The number of amides is 1. The van der Waals surface area contributed by atoms with Crippen LogP contribution in [0.5, 0.6) is 11.5 Å². The Morgan fingerprint density at radius 3 is 2.42 bits per heavy atom. The van der Waals surface area contributed by atoms with E-state index in [9.17, 15) is 13.2 Å². The molecule has 2 N–H and O–H groups in total. The lowest BCUT2D eigenvalue weighted by atomic mass is 10.2. The summed E-state index contributed by atoms with van der Waals surface area (Å²) in [5.74, 6) is 0.949. The average molecular weight is 479 g/mol. The van der Waals surface area contributed by atoms with Crippen LogP contribution in [0, 0.1) is 0 Å². The van der Waals surface area contributed by atoms with Crippen LogP contribution in [-0.4, -0.2) is 33.8 Å². The summed E-state index contributed by atoms with van der Waals surface area (Å²) in [7, 11) is -0.508. The molecule has 0 fully saturated rings. The zero-order chi connectivity index (χ0) is 22.4. The van der Waals surface area contributed by atoms with Crippen LogP contribution in [0.1, 0.15) is 6.92 Å². The van der Waals surface area contributed by atoms with Gasteiger partial charge in [0.1, 0.15) is 15.7 Å². The predicted molar refractivity (Wildman–Crippen MR) is 125 cm³/mol. The number of sulfonamides is 1. The summed E-state index contributed by atoms with van der Waals surface area (Å²) in [5.41, 5.74) is 0.980. The largest absolute Gasteiger partial charge is 0.497 e. The summed E-state index contributed by atoms with van der Waals surface area (Å²) < 4.78 is 37.9. The molecule has 10 heteroatoms. The SMILES string of the molecule is COc1ccc(OC)c(NC(=O)C(C)Sc2ccc(NS(=O)(=O)c3cccs3)cc2)c1. The molecule has 0 saturated heterocycles. The van der Waals surface area contributed by atoms with Gasteiger partial charge in [-0.15, -0.1) is 23.1 Å². The molecule has 0 spiro atoms. The maximum Gasteiger partial charge on any atom is 0.271 e. The van der Waals surface area contributed by atoms with Crippen LogP contribution in [0.15, 0.2) is 69.1 Å². The zero-order valence-corrected chi connectivity index (χ0v) is 19.6. The first kappa shape index (κ1) is 23.0. The number of carbonyl (C=O) groups excluding carboxylic acids is 1. The van der Waals surface area contributed by atoms with Gasteiger partial charge < -0.3 is 14.8 Å². The first-order chi connectivity index (χ1) is 14.8. The molecule has 0 bridgehead atoms. The van der Waals surface area contributed by atoms with Gasteiger partial charge in [-0.05, 0) is 54.8 Å². The van der Waals surface area contributed by atoms with Crippen LogP contribution in [-0.2, 0) is 14.8 Å². The highest BCUT2D eigenvalue weighted by molar-refractivity contribution is 8.00. The summed E-state index contributed by atoms with van der Waals surface area (Å²) >= 11 is 2.51. The molecule has 1 heterocycles. The maximum absolute atomic E-state index is 12.7. The van der Waals surface area contributed by atoms with Gasteiger partial charge in [0.05, 0.1) is 25.2 Å². The van der Waals surface area contributed by atoms with Gasteiger partial charge in [-0.3, -0.25) is 9.52 Å². The van der Waals surface area contributed by atoms with Gasteiger partial charge in [0.15, 0.2) is 0 Å². The van der Waals surface area contributed by atoms with E-state index in [1.807, 2.05) is 0 Å². The Morgan fingerprint density at radius 2 is 1.81 bits per heavy atom. The summed E-state index contributed by atoms with van der Waals surface area (Å²) in [4.78, 5) is 13.5. The van der Waals surface area contributed by atoms with E-state index in [0.717, 1.165) is 16.2 Å². The van der Waals surface area contributed by atoms with Gasteiger partial charge in [-0.25, -0.2) is 8.42 Å². The minimum Gasteiger partial charge on any atom is -0.497 e. The van der Waals surface area contributed by atoms with E-state index in [1.54, 1.807) is 74.0 Å². The Morgan fingerprint density at radius 1 is 1.06 bits per heavy atom. The Labute approximate surface area is 189 Å². The van der Waals surface area contributed by atoms with Crippen LogP contribution >= 0.6 is 23.1 Å². The molecule has 31 heavy (non-hydrogen) atoms. The van der Waals surface area contributed by atoms with Crippen molar-refractivity contribution >= 4 is 50.4 Å². The second-order valence-corrected chi connectivity index (χ2v) is 10.6. The summed E-state index contributed by atoms with van der Waals surface area (Å²) in [6.07, 6.45) is 0. The lowest BCUT2D eigenvalue weighted by Crippen LogP contribution is -2.22. The molecule has 0 saturated carbocycles. The lowest BCUT2D eigenvalue weighted by molar-refractivity contribution is -0.115. The van der Waals surface area contributed by atoms with E-state index in [2.05, 4.69) is 10.0 Å². The molecule has 0 radical (unpaired) electrons. The second-order valence-electron chi connectivity index (χ2n) is 6.38. The van der Waals surface area contributed by atoms with E-state index in [0.29, 0.717) is 22.9 Å². The molecular formula is C21H22N2O5S3. The molecule has 7 nitrogen and oxygen atoms in total. The summed E-state index contributed by atoms with van der Waals surface area (Å²) in [5, 5.41) is 4.17. The molecule has 3 aromatic rings. The highest BCUT2D eigenvalue weighted by Crippen LogP contribution is 2.31. The number of benzene rings is 2. The Kier molecular flexibility index (Phi) is 7.47. The van der Waals surface area contributed by atoms with Gasteiger partial charge in [-0.2, -0.15) is 0 Å². The molecule has 1 atom stereocenters. The first-order valence-corrected chi connectivity index (χ1v) is 12.4. The number of carbonyl (C=O) groups is 1. The van der Waals surface area contributed by atoms with Crippen LogP contribution in [0.2, 0.25) is 0 Å². The molecule has 164 valence electrons. The standard InChI is InChI=1S/C21H22N2O5S3/c1-14(21(24)22-18-13-16(27-2)8-11-19(18)28-3)30-17-9-6-15(7-10-17)23-31(25,26)20-5-4-12-29-20/h4-14,23H,1-3H3,(H,22,24). The fourth-order valence-corrected chi connectivity index (χ4v) is 5.55. The maximum atomic E-state index is 12.7. The van der Waals surface area contributed by atoms with Crippen LogP contribution in [0.25, 0.3) is 0 Å². The molecule has 1 amide bonds. The van der Waals surface area contributed by atoms with Crippen LogP contribution in [0.4, 0.5) is 11.4 Å². The van der Waals surface area contributed by atoms with Crippen molar-refractivity contribution in [2.75, 3.05) is 24.3 Å². The number of methoxy groups -OCH3 is 2. The van der Waals surface area contributed by atoms with Crippen molar-refractivity contribution in [1.82, 2.24) is 0 Å². The lowest BCUT2D eigenvalue weighted by Gasteiger charge is -2.15. The van der Waals surface area contributed by atoms with E-state index >= 15 is 0 Å². The third kappa shape index (κ3) is 5.93. The van der Waals surface area contributed by atoms with E-state index in [1.165, 1.54) is 18.9 Å². The van der Waals surface area contributed by atoms with Crippen molar-refractivity contribution in [2.24, 2.45) is 0 Å². The molecule has 1 aromatic heterocycles. The molecule has 3 rings (SSSR count). The summed E-state index contributed by atoms with van der Waals surface area (Å²) in [6.45, 7) is 1.79. The van der Waals surface area contributed by atoms with Crippen molar-refractivity contribution < 1.29 is 22.7 Å². The highest BCUT2D eigenvalue weighted by atomic mass is 32.2. The Balaban J connectivity index is 1.63. The normalized spacial score (nSPS) is 12.1. The summed E-state index contributed by atoms with van der Waals surface area (Å²) in [6, 6.07) is 15.3. The van der Waals surface area contributed by atoms with E-state index < -0.39 is 15.3 Å². The van der Waals surface area contributed by atoms with Crippen molar-refractivity contribution in [3.05, 3.63) is 60.0 Å². The van der Waals surface area contributed by atoms with Gasteiger partial charge in [-0.1, -0.05) is 6.07 Å². The fourth-order valence-electron chi connectivity index (χ4n) is 2.63. The number of nitrogens with one attached hydrogen (secondary N) is 2. The van der Waals surface area contributed by atoms with Crippen molar-refractivity contribution in [3.8, 4) is 11.5 Å². The van der Waals surface area contributed by atoms with E-state index in [4.69, 9.17) is 9.47 Å². The molecule has 0 aliphatic heterocycles. The van der Waals surface area contributed by atoms with Crippen LogP contribution < -0.4 is 19.5 Å². The number of hydrogen-bond donors (Lipinski definition) is 2. The van der Waals surface area contributed by atoms with Gasteiger partial charge in [0, 0.05) is 16.6 Å². The second kappa shape index (κ2) is 10.1. The van der Waals surface area contributed by atoms with Crippen molar-refractivity contribution in [1.29, 1.82) is 0 Å². The molecule has 1 unspecified atom stereocenters.